The first-order valence-corrected chi connectivity index (χ1v) is 5.11. The molecule has 0 aliphatic carbocycles. The van der Waals surface area contributed by atoms with E-state index < -0.39 is 19.2 Å². The summed E-state index contributed by atoms with van der Waals surface area (Å²) >= 11 is 3.11. The van der Waals surface area contributed by atoms with Crippen LogP contribution < -0.4 is 4.74 Å². The van der Waals surface area contributed by atoms with Crippen molar-refractivity contribution >= 4 is 15.9 Å². The summed E-state index contributed by atoms with van der Waals surface area (Å²) in [4.78, 5) is 0. The van der Waals surface area contributed by atoms with Gasteiger partial charge in [0, 0.05) is 0 Å². The first-order valence-electron chi connectivity index (χ1n) is 4.32. The van der Waals surface area contributed by atoms with Crippen molar-refractivity contribution in [3.63, 3.8) is 0 Å². The maximum atomic E-state index is 11.9. The molecule has 0 unspecified atom stereocenters. The first kappa shape index (κ1) is 12.8. The van der Waals surface area contributed by atoms with Crippen LogP contribution in [0.15, 0.2) is 22.7 Å². The van der Waals surface area contributed by atoms with E-state index in [0.29, 0.717) is 4.47 Å². The van der Waals surface area contributed by atoms with E-state index in [1.54, 1.807) is 12.1 Å². The predicted molar refractivity (Wildman–Crippen MR) is 55.0 cm³/mol. The Labute approximate surface area is 98.8 Å². The van der Waals surface area contributed by atoms with Gasteiger partial charge < -0.3 is 4.74 Å². The van der Waals surface area contributed by atoms with E-state index in [-0.39, 0.29) is 11.3 Å². The molecular weight excluding hydrogens is 287 g/mol. The molecule has 1 rings (SSSR count). The fraction of sp³-hybridized carbons (Fsp3) is 0.300. The van der Waals surface area contributed by atoms with E-state index in [2.05, 4.69) is 15.9 Å². The molecular formula is C10H7BrF3NO. The zero-order valence-electron chi connectivity index (χ0n) is 8.01. The molecule has 0 saturated carbocycles. The first-order chi connectivity index (χ1) is 7.44. The molecule has 0 aliphatic rings. The molecule has 0 N–H and O–H groups in total. The van der Waals surface area contributed by atoms with E-state index in [0.717, 1.165) is 0 Å². The van der Waals surface area contributed by atoms with Crippen LogP contribution in [0.3, 0.4) is 0 Å². The molecule has 0 aromatic heterocycles. The average Bonchev–Trinajstić information content (AvgIpc) is 2.18. The van der Waals surface area contributed by atoms with E-state index in [1.807, 2.05) is 6.07 Å². The molecule has 6 heteroatoms. The number of benzene rings is 1. The highest BCUT2D eigenvalue weighted by atomic mass is 79.9. The van der Waals surface area contributed by atoms with Gasteiger partial charge in [-0.15, -0.1) is 0 Å². The standard InChI is InChI=1S/C10H7BrF3NO/c11-8-3-1-2-7(6-15)9(8)16-5-4-10(12,13)14/h1-3H,4-5H2. The quantitative estimate of drug-likeness (QED) is 0.852. The van der Waals surface area contributed by atoms with Gasteiger partial charge in [0.15, 0.2) is 5.75 Å². The number of ether oxygens (including phenoxy) is 1. The van der Waals surface area contributed by atoms with Gasteiger partial charge in [-0.05, 0) is 28.1 Å². The van der Waals surface area contributed by atoms with Crippen LogP contribution in [0.1, 0.15) is 12.0 Å². The number of para-hydroxylation sites is 1. The summed E-state index contributed by atoms with van der Waals surface area (Å²) in [6.45, 7) is -0.499. The second-order valence-corrected chi connectivity index (χ2v) is 3.80. The van der Waals surface area contributed by atoms with Crippen molar-refractivity contribution in [1.29, 1.82) is 5.26 Å². The highest BCUT2D eigenvalue weighted by Gasteiger charge is 2.27. The van der Waals surface area contributed by atoms with Gasteiger partial charge in [0.2, 0.25) is 0 Å². The van der Waals surface area contributed by atoms with Crippen LogP contribution in [-0.4, -0.2) is 12.8 Å². The summed E-state index contributed by atoms with van der Waals surface area (Å²) in [7, 11) is 0. The Kier molecular flexibility index (Phi) is 4.19. The number of hydrogen-bond acceptors (Lipinski definition) is 2. The molecule has 0 radical (unpaired) electrons. The summed E-state index contributed by atoms with van der Waals surface area (Å²) in [5, 5.41) is 8.73. The van der Waals surface area contributed by atoms with Gasteiger partial charge >= 0.3 is 6.18 Å². The Morgan fingerprint density at radius 1 is 1.38 bits per heavy atom. The molecule has 0 fully saturated rings. The monoisotopic (exact) mass is 293 g/mol. The van der Waals surface area contributed by atoms with E-state index in [1.165, 1.54) is 6.07 Å². The number of nitrogens with zero attached hydrogens (tertiary/aromatic N) is 1. The fourth-order valence-corrected chi connectivity index (χ4v) is 1.49. The maximum absolute atomic E-state index is 11.9. The molecule has 0 heterocycles. The van der Waals surface area contributed by atoms with Gasteiger partial charge in [-0.25, -0.2) is 0 Å². The summed E-state index contributed by atoms with van der Waals surface area (Å²) < 4.78 is 41.1. The van der Waals surface area contributed by atoms with Crippen LogP contribution in [0.25, 0.3) is 0 Å². The molecule has 0 amide bonds. The van der Waals surface area contributed by atoms with Crippen LogP contribution in [0, 0.1) is 11.3 Å². The van der Waals surface area contributed by atoms with Gasteiger partial charge in [0.1, 0.15) is 6.07 Å². The number of rotatable bonds is 3. The van der Waals surface area contributed by atoms with E-state index >= 15 is 0 Å². The summed E-state index contributed by atoms with van der Waals surface area (Å²) in [6, 6.07) is 6.54. The van der Waals surface area contributed by atoms with Gasteiger partial charge in [0.25, 0.3) is 0 Å². The van der Waals surface area contributed by atoms with Gasteiger partial charge in [-0.3, -0.25) is 0 Å². The molecule has 0 atom stereocenters. The lowest BCUT2D eigenvalue weighted by Gasteiger charge is -2.10. The van der Waals surface area contributed by atoms with Crippen LogP contribution in [0.4, 0.5) is 13.2 Å². The second kappa shape index (κ2) is 5.21. The normalized spacial score (nSPS) is 10.9. The maximum Gasteiger partial charge on any atom is 0.392 e. The molecule has 1 aromatic rings. The largest absolute Gasteiger partial charge is 0.491 e. The van der Waals surface area contributed by atoms with Crippen LogP contribution in [0.5, 0.6) is 5.75 Å². The lowest BCUT2D eigenvalue weighted by molar-refractivity contribution is -0.139. The average molecular weight is 294 g/mol. The highest BCUT2D eigenvalue weighted by molar-refractivity contribution is 9.10. The van der Waals surface area contributed by atoms with Gasteiger partial charge in [-0.2, -0.15) is 18.4 Å². The Hall–Kier alpha value is -1.22. The Morgan fingerprint density at radius 2 is 2.06 bits per heavy atom. The zero-order valence-corrected chi connectivity index (χ0v) is 9.60. The van der Waals surface area contributed by atoms with Crippen molar-refractivity contribution in [2.24, 2.45) is 0 Å². The molecule has 86 valence electrons. The highest BCUT2D eigenvalue weighted by Crippen LogP contribution is 2.29. The number of hydrogen-bond donors (Lipinski definition) is 0. The van der Waals surface area contributed by atoms with Crippen molar-refractivity contribution in [3.05, 3.63) is 28.2 Å². The summed E-state index contributed by atoms with van der Waals surface area (Å²) in [5.74, 6) is 0.147. The molecule has 0 spiro atoms. The molecule has 1 aromatic carbocycles. The van der Waals surface area contributed by atoms with E-state index in [4.69, 9.17) is 10.00 Å². The molecule has 2 nitrogen and oxygen atoms in total. The topological polar surface area (TPSA) is 33.0 Å². The van der Waals surface area contributed by atoms with Crippen LogP contribution in [-0.2, 0) is 0 Å². The third-order valence-corrected chi connectivity index (χ3v) is 2.34. The van der Waals surface area contributed by atoms with Crippen LogP contribution >= 0.6 is 15.9 Å². The molecule has 0 bridgehead atoms. The summed E-state index contributed by atoms with van der Waals surface area (Å²) in [5.41, 5.74) is 0.205. The summed E-state index contributed by atoms with van der Waals surface area (Å²) in [6.07, 6.45) is -5.30. The van der Waals surface area contributed by atoms with Crippen molar-refractivity contribution < 1.29 is 17.9 Å². The van der Waals surface area contributed by atoms with Gasteiger partial charge in [0.05, 0.1) is 23.1 Å². The molecule has 0 aliphatic heterocycles. The number of nitriles is 1. The van der Waals surface area contributed by atoms with Crippen LogP contribution in [0.2, 0.25) is 0 Å². The lowest BCUT2D eigenvalue weighted by Crippen LogP contribution is -2.13. The number of halogens is 4. The Balaban J connectivity index is 2.71. The van der Waals surface area contributed by atoms with Gasteiger partial charge in [-0.1, -0.05) is 6.07 Å². The second-order valence-electron chi connectivity index (χ2n) is 2.94. The smallest absolute Gasteiger partial charge is 0.392 e. The lowest BCUT2D eigenvalue weighted by atomic mass is 10.2. The zero-order chi connectivity index (χ0) is 12.2. The third-order valence-electron chi connectivity index (χ3n) is 1.72. The molecule has 16 heavy (non-hydrogen) atoms. The predicted octanol–water partition coefficient (Wildman–Crippen LogP) is 3.65. The SMILES string of the molecule is N#Cc1cccc(Br)c1OCCC(F)(F)F. The number of alkyl halides is 3. The van der Waals surface area contributed by atoms with E-state index in [9.17, 15) is 13.2 Å². The van der Waals surface area contributed by atoms with Crippen molar-refractivity contribution in [2.45, 2.75) is 12.6 Å². The van der Waals surface area contributed by atoms with Crippen molar-refractivity contribution in [1.82, 2.24) is 0 Å². The van der Waals surface area contributed by atoms with Crippen molar-refractivity contribution in [2.75, 3.05) is 6.61 Å². The van der Waals surface area contributed by atoms with Crippen molar-refractivity contribution in [3.8, 4) is 11.8 Å². The minimum absolute atomic E-state index is 0.147. The minimum Gasteiger partial charge on any atom is -0.491 e. The molecule has 0 saturated heterocycles. The minimum atomic E-state index is -4.26. The fourth-order valence-electron chi connectivity index (χ4n) is 1.01. The third kappa shape index (κ3) is 3.74. The Morgan fingerprint density at radius 3 is 2.62 bits per heavy atom. The Bertz CT molecular complexity index is 412.